The molecule has 92 valence electrons. The second kappa shape index (κ2) is 5.87. The van der Waals surface area contributed by atoms with Crippen LogP contribution < -0.4 is 5.32 Å². The van der Waals surface area contributed by atoms with Gasteiger partial charge < -0.3 is 10.4 Å². The summed E-state index contributed by atoms with van der Waals surface area (Å²) in [5.74, 6) is -0.525. The van der Waals surface area contributed by atoms with Crippen LogP contribution in [0.25, 0.3) is 0 Å². The van der Waals surface area contributed by atoms with Gasteiger partial charge in [-0.3, -0.25) is 9.59 Å². The number of aliphatic carboxylic acids is 1. The molecule has 1 unspecified atom stereocenters. The molecule has 0 aliphatic heterocycles. The molecule has 0 radical (unpaired) electrons. The van der Waals surface area contributed by atoms with Crippen molar-refractivity contribution in [3.63, 3.8) is 0 Å². The number of carbonyl (C=O) groups excluding carboxylic acids is 1. The number of rotatable bonds is 4. The lowest BCUT2D eigenvalue weighted by Gasteiger charge is -2.25. The van der Waals surface area contributed by atoms with Crippen LogP contribution in [0.1, 0.15) is 39.5 Å². The quantitative estimate of drug-likeness (QED) is 0.767. The maximum absolute atomic E-state index is 11.7. The number of carboxylic acid groups (broad SMARTS) is 1. The largest absolute Gasteiger partial charge is 0.481 e. The van der Waals surface area contributed by atoms with Crippen molar-refractivity contribution in [2.45, 2.75) is 39.5 Å². The molecular formula is C12H21NO3. The molecule has 1 saturated carbocycles. The van der Waals surface area contributed by atoms with Crippen LogP contribution in [0, 0.1) is 17.8 Å². The molecule has 1 aliphatic rings. The van der Waals surface area contributed by atoms with Crippen molar-refractivity contribution in [3.8, 4) is 0 Å². The van der Waals surface area contributed by atoms with Gasteiger partial charge in [0.05, 0.1) is 5.92 Å². The molecule has 1 rings (SSSR count). The predicted molar refractivity (Wildman–Crippen MR) is 60.9 cm³/mol. The lowest BCUT2D eigenvalue weighted by Crippen LogP contribution is -2.37. The Balaban J connectivity index is 2.27. The van der Waals surface area contributed by atoms with Crippen LogP contribution in [0.3, 0.4) is 0 Å². The molecule has 0 aromatic heterocycles. The molecule has 0 saturated heterocycles. The van der Waals surface area contributed by atoms with Gasteiger partial charge in [0.1, 0.15) is 0 Å². The van der Waals surface area contributed by atoms with Gasteiger partial charge in [0.2, 0.25) is 5.91 Å². The van der Waals surface area contributed by atoms with E-state index in [1.165, 1.54) is 0 Å². The fraction of sp³-hybridized carbons (Fsp3) is 0.833. The van der Waals surface area contributed by atoms with Gasteiger partial charge in [0.25, 0.3) is 0 Å². The van der Waals surface area contributed by atoms with E-state index in [4.69, 9.17) is 5.11 Å². The first-order valence-corrected chi connectivity index (χ1v) is 6.01. The van der Waals surface area contributed by atoms with Crippen molar-refractivity contribution in [3.05, 3.63) is 0 Å². The van der Waals surface area contributed by atoms with Crippen molar-refractivity contribution in [2.24, 2.45) is 17.8 Å². The molecule has 0 aromatic rings. The highest BCUT2D eigenvalue weighted by Gasteiger charge is 2.24. The van der Waals surface area contributed by atoms with Gasteiger partial charge in [-0.1, -0.05) is 13.8 Å². The van der Waals surface area contributed by atoms with Crippen LogP contribution >= 0.6 is 0 Å². The second-order valence-electron chi connectivity index (χ2n) is 4.94. The van der Waals surface area contributed by atoms with Gasteiger partial charge in [-0.05, 0) is 31.6 Å². The third-order valence-corrected chi connectivity index (χ3v) is 3.39. The zero-order chi connectivity index (χ0) is 12.1. The second-order valence-corrected chi connectivity index (χ2v) is 4.94. The topological polar surface area (TPSA) is 66.4 Å². The van der Waals surface area contributed by atoms with Crippen LogP contribution in [0.2, 0.25) is 0 Å². The van der Waals surface area contributed by atoms with Gasteiger partial charge in [0.15, 0.2) is 0 Å². The summed E-state index contributed by atoms with van der Waals surface area (Å²) in [6.45, 7) is 4.05. The van der Waals surface area contributed by atoms with Gasteiger partial charge in [-0.2, -0.15) is 0 Å². The number of amides is 1. The Bertz CT molecular complexity index is 257. The minimum absolute atomic E-state index is 0.0278. The molecule has 1 amide bonds. The summed E-state index contributed by atoms with van der Waals surface area (Å²) in [5, 5.41) is 11.4. The molecule has 0 bridgehead atoms. The molecular weight excluding hydrogens is 206 g/mol. The number of hydrogen-bond acceptors (Lipinski definition) is 2. The molecule has 0 aromatic carbocycles. The van der Waals surface area contributed by atoms with Gasteiger partial charge in [-0.15, -0.1) is 0 Å². The molecule has 1 atom stereocenters. The first-order chi connectivity index (χ1) is 7.50. The molecule has 1 fully saturated rings. The maximum Gasteiger partial charge on any atom is 0.308 e. The molecule has 4 heteroatoms. The van der Waals surface area contributed by atoms with Crippen molar-refractivity contribution in [1.29, 1.82) is 0 Å². The number of carboxylic acids is 1. The van der Waals surface area contributed by atoms with Crippen LogP contribution in [-0.2, 0) is 9.59 Å². The first kappa shape index (κ1) is 13.0. The summed E-state index contributed by atoms with van der Waals surface area (Å²) < 4.78 is 0. The highest BCUT2D eigenvalue weighted by molar-refractivity contribution is 5.79. The third-order valence-electron chi connectivity index (χ3n) is 3.39. The summed E-state index contributed by atoms with van der Waals surface area (Å²) in [6, 6.07) is 0. The fourth-order valence-corrected chi connectivity index (χ4v) is 2.01. The average Bonchev–Trinajstić information content (AvgIpc) is 2.26. The Morgan fingerprint density at radius 1 is 1.31 bits per heavy atom. The molecule has 2 N–H and O–H groups in total. The van der Waals surface area contributed by atoms with Crippen LogP contribution in [0.15, 0.2) is 0 Å². The molecule has 16 heavy (non-hydrogen) atoms. The molecule has 0 spiro atoms. The summed E-state index contributed by atoms with van der Waals surface area (Å²) in [5.41, 5.74) is 0. The van der Waals surface area contributed by atoms with Gasteiger partial charge >= 0.3 is 5.97 Å². The zero-order valence-electron chi connectivity index (χ0n) is 10.0. The van der Waals surface area contributed by atoms with E-state index in [0.29, 0.717) is 0 Å². The normalized spacial score (nSPS) is 27.1. The minimum atomic E-state index is -0.863. The zero-order valence-corrected chi connectivity index (χ0v) is 10.0. The van der Waals surface area contributed by atoms with Crippen molar-refractivity contribution in [2.75, 3.05) is 6.54 Å². The van der Waals surface area contributed by atoms with Gasteiger partial charge in [0, 0.05) is 12.5 Å². The summed E-state index contributed by atoms with van der Waals surface area (Å²) in [6.07, 6.45) is 4.09. The van der Waals surface area contributed by atoms with E-state index in [9.17, 15) is 9.59 Å². The number of hydrogen-bond donors (Lipinski definition) is 2. The lowest BCUT2D eigenvalue weighted by molar-refractivity contribution is -0.141. The third kappa shape index (κ3) is 3.83. The summed E-state index contributed by atoms with van der Waals surface area (Å²) in [4.78, 5) is 22.3. The van der Waals surface area contributed by atoms with Crippen molar-refractivity contribution >= 4 is 11.9 Å². The van der Waals surface area contributed by atoms with E-state index in [0.717, 1.165) is 31.6 Å². The Hall–Kier alpha value is -1.06. The van der Waals surface area contributed by atoms with Crippen LogP contribution in [0.4, 0.5) is 0 Å². The van der Waals surface area contributed by atoms with Crippen molar-refractivity contribution < 1.29 is 14.7 Å². The Morgan fingerprint density at radius 2 is 1.88 bits per heavy atom. The van der Waals surface area contributed by atoms with Gasteiger partial charge in [-0.25, -0.2) is 0 Å². The monoisotopic (exact) mass is 227 g/mol. The van der Waals surface area contributed by atoms with E-state index in [2.05, 4.69) is 12.2 Å². The summed E-state index contributed by atoms with van der Waals surface area (Å²) >= 11 is 0. The van der Waals surface area contributed by atoms with Crippen LogP contribution in [-0.4, -0.2) is 23.5 Å². The molecule has 4 nitrogen and oxygen atoms in total. The standard InChI is InChI=1S/C12H21NO3/c1-8-3-5-10(6-4-8)11(14)13-7-9(2)12(15)16/h8-10H,3-7H2,1-2H3,(H,13,14)(H,15,16). The van der Waals surface area contributed by atoms with Crippen molar-refractivity contribution in [1.82, 2.24) is 5.32 Å². The Labute approximate surface area is 96.4 Å². The van der Waals surface area contributed by atoms with Crippen LogP contribution in [0.5, 0.6) is 0 Å². The highest BCUT2D eigenvalue weighted by atomic mass is 16.4. The predicted octanol–water partition coefficient (Wildman–Crippen LogP) is 1.65. The van der Waals surface area contributed by atoms with E-state index >= 15 is 0 Å². The Morgan fingerprint density at radius 3 is 2.38 bits per heavy atom. The highest BCUT2D eigenvalue weighted by Crippen LogP contribution is 2.28. The van der Waals surface area contributed by atoms with E-state index in [-0.39, 0.29) is 18.4 Å². The average molecular weight is 227 g/mol. The van der Waals surface area contributed by atoms with E-state index in [1.807, 2.05) is 0 Å². The number of nitrogens with one attached hydrogen (secondary N) is 1. The smallest absolute Gasteiger partial charge is 0.308 e. The maximum atomic E-state index is 11.7. The lowest BCUT2D eigenvalue weighted by atomic mass is 9.82. The van der Waals surface area contributed by atoms with E-state index < -0.39 is 11.9 Å². The Kier molecular flexibility index (Phi) is 4.77. The SMILES string of the molecule is CC1CCC(C(=O)NCC(C)C(=O)O)CC1. The molecule has 0 heterocycles. The number of carbonyl (C=O) groups is 2. The summed E-state index contributed by atoms with van der Waals surface area (Å²) in [7, 11) is 0. The fourth-order valence-electron chi connectivity index (χ4n) is 2.01. The first-order valence-electron chi connectivity index (χ1n) is 6.01. The molecule has 1 aliphatic carbocycles. The van der Waals surface area contributed by atoms with E-state index in [1.54, 1.807) is 6.92 Å². The minimum Gasteiger partial charge on any atom is -0.481 e.